The predicted octanol–water partition coefficient (Wildman–Crippen LogP) is 3.67. The summed E-state index contributed by atoms with van der Waals surface area (Å²) in [5.74, 6) is -0.784. The number of amides is 1. The van der Waals surface area contributed by atoms with Gasteiger partial charge in [-0.2, -0.15) is 0 Å². The zero-order chi connectivity index (χ0) is 22.8. The van der Waals surface area contributed by atoms with Crippen LogP contribution < -0.4 is 16.6 Å². The van der Waals surface area contributed by atoms with E-state index in [2.05, 4.69) is 5.32 Å². The largest absolute Gasteiger partial charge is 0.354 e. The number of thiophene rings is 1. The fourth-order valence-corrected chi connectivity index (χ4v) is 4.38. The van der Waals surface area contributed by atoms with Crippen molar-refractivity contribution in [3.8, 4) is 5.69 Å². The monoisotopic (exact) mass is 471 g/mol. The van der Waals surface area contributed by atoms with Crippen LogP contribution in [0, 0.1) is 12.7 Å². The summed E-state index contributed by atoms with van der Waals surface area (Å²) in [5, 5.41) is 5.14. The summed E-state index contributed by atoms with van der Waals surface area (Å²) < 4.78 is 16.3. The molecule has 1 amide bonds. The standard InChI is InChI=1S/C23H19ClFN3O3S/c1-14-12-17(6-7-18(14)25)28-22(30)21-19(9-11-32-21)27(23(28)31)13-20(29)26-10-8-15-2-4-16(24)5-3-15/h2-7,9,11-12H,8,10,13H2,1H3,(H,26,29). The Bertz CT molecular complexity index is 1420. The molecule has 2 heterocycles. The van der Waals surface area contributed by atoms with Crippen molar-refractivity contribution >= 4 is 39.1 Å². The Morgan fingerprint density at radius 2 is 1.88 bits per heavy atom. The quantitative estimate of drug-likeness (QED) is 0.466. The van der Waals surface area contributed by atoms with Gasteiger partial charge in [0.15, 0.2) is 0 Å². The maximum atomic E-state index is 13.7. The third-order valence-corrected chi connectivity index (χ3v) is 6.25. The first kappa shape index (κ1) is 22.0. The van der Waals surface area contributed by atoms with Crippen LogP contribution in [-0.2, 0) is 17.8 Å². The summed E-state index contributed by atoms with van der Waals surface area (Å²) in [6.45, 7) is 1.70. The minimum absolute atomic E-state index is 0.243. The van der Waals surface area contributed by atoms with E-state index in [0.29, 0.717) is 33.8 Å². The molecule has 0 unspecified atom stereocenters. The maximum Gasteiger partial charge on any atom is 0.336 e. The smallest absolute Gasteiger partial charge is 0.336 e. The van der Waals surface area contributed by atoms with Gasteiger partial charge >= 0.3 is 5.69 Å². The fourth-order valence-electron chi connectivity index (χ4n) is 3.43. The lowest BCUT2D eigenvalue weighted by Gasteiger charge is -2.13. The van der Waals surface area contributed by atoms with Crippen molar-refractivity contribution in [1.29, 1.82) is 0 Å². The van der Waals surface area contributed by atoms with Gasteiger partial charge in [0.25, 0.3) is 5.56 Å². The average molecular weight is 472 g/mol. The molecule has 0 radical (unpaired) electrons. The molecule has 0 saturated heterocycles. The summed E-state index contributed by atoms with van der Waals surface area (Å²) in [7, 11) is 0. The highest BCUT2D eigenvalue weighted by Gasteiger charge is 2.18. The minimum atomic E-state index is -0.653. The van der Waals surface area contributed by atoms with Crippen LogP contribution in [0.5, 0.6) is 0 Å². The van der Waals surface area contributed by atoms with Crippen LogP contribution in [0.3, 0.4) is 0 Å². The molecule has 164 valence electrons. The number of hydrogen-bond donors (Lipinski definition) is 1. The molecule has 0 spiro atoms. The summed E-state index contributed by atoms with van der Waals surface area (Å²) >= 11 is 7.07. The third kappa shape index (κ3) is 4.37. The number of hydrogen-bond acceptors (Lipinski definition) is 4. The van der Waals surface area contributed by atoms with E-state index < -0.39 is 17.1 Å². The second-order valence-corrected chi connectivity index (χ2v) is 8.66. The lowest BCUT2D eigenvalue weighted by Crippen LogP contribution is -2.41. The lowest BCUT2D eigenvalue weighted by molar-refractivity contribution is -0.121. The van der Waals surface area contributed by atoms with Gasteiger partial charge in [-0.3, -0.25) is 14.2 Å². The highest BCUT2D eigenvalue weighted by Crippen LogP contribution is 2.17. The van der Waals surface area contributed by atoms with Gasteiger partial charge in [0.1, 0.15) is 17.1 Å². The molecular formula is C23H19ClFN3O3S. The molecule has 6 nitrogen and oxygen atoms in total. The highest BCUT2D eigenvalue weighted by molar-refractivity contribution is 7.17. The summed E-state index contributed by atoms with van der Waals surface area (Å²) in [6, 6.07) is 13.0. The first-order valence-electron chi connectivity index (χ1n) is 9.86. The van der Waals surface area contributed by atoms with E-state index in [-0.39, 0.29) is 18.1 Å². The molecule has 2 aromatic carbocycles. The van der Waals surface area contributed by atoms with Gasteiger partial charge in [-0.15, -0.1) is 11.3 Å². The molecular weight excluding hydrogens is 453 g/mol. The third-order valence-electron chi connectivity index (χ3n) is 5.11. The van der Waals surface area contributed by atoms with Crippen LogP contribution in [0.4, 0.5) is 4.39 Å². The van der Waals surface area contributed by atoms with Gasteiger partial charge in [-0.1, -0.05) is 23.7 Å². The maximum absolute atomic E-state index is 13.7. The Morgan fingerprint density at radius 1 is 1.12 bits per heavy atom. The van der Waals surface area contributed by atoms with Gasteiger partial charge in [0.2, 0.25) is 5.91 Å². The second-order valence-electron chi connectivity index (χ2n) is 7.30. The minimum Gasteiger partial charge on any atom is -0.354 e. The molecule has 2 aromatic heterocycles. The number of carbonyl (C=O) groups excluding carboxylic acids is 1. The van der Waals surface area contributed by atoms with E-state index in [0.717, 1.165) is 10.1 Å². The van der Waals surface area contributed by atoms with Gasteiger partial charge in [0, 0.05) is 11.6 Å². The van der Waals surface area contributed by atoms with E-state index >= 15 is 0 Å². The van der Waals surface area contributed by atoms with Crippen molar-refractivity contribution in [2.45, 2.75) is 19.9 Å². The van der Waals surface area contributed by atoms with E-state index in [1.807, 2.05) is 12.1 Å². The molecule has 0 bridgehead atoms. The number of carbonyl (C=O) groups is 1. The van der Waals surface area contributed by atoms with Crippen molar-refractivity contribution in [2.75, 3.05) is 6.54 Å². The molecule has 0 aliphatic heterocycles. The number of rotatable bonds is 6. The fraction of sp³-hybridized carbons (Fsp3) is 0.174. The van der Waals surface area contributed by atoms with Crippen LogP contribution in [0.25, 0.3) is 15.9 Å². The van der Waals surface area contributed by atoms with Crippen LogP contribution in [0.15, 0.2) is 63.5 Å². The van der Waals surface area contributed by atoms with Crippen LogP contribution in [-0.4, -0.2) is 21.6 Å². The Labute approximate surface area is 191 Å². The normalized spacial score (nSPS) is 11.1. The summed E-state index contributed by atoms with van der Waals surface area (Å²) in [5.41, 5.74) is 0.836. The molecule has 4 aromatic rings. The summed E-state index contributed by atoms with van der Waals surface area (Å²) in [6.07, 6.45) is 0.611. The number of benzene rings is 2. The average Bonchev–Trinajstić information content (AvgIpc) is 3.25. The van der Waals surface area contributed by atoms with Crippen LogP contribution in [0.2, 0.25) is 5.02 Å². The number of halogens is 2. The Kier molecular flexibility index (Phi) is 6.25. The number of aromatic nitrogens is 2. The predicted molar refractivity (Wildman–Crippen MR) is 125 cm³/mol. The SMILES string of the molecule is Cc1cc(-n2c(=O)c3sccc3n(CC(=O)NCCc3ccc(Cl)cc3)c2=O)ccc1F. The van der Waals surface area contributed by atoms with E-state index in [1.54, 1.807) is 30.5 Å². The van der Waals surface area contributed by atoms with Crippen molar-refractivity contribution in [3.63, 3.8) is 0 Å². The van der Waals surface area contributed by atoms with Gasteiger partial charge in [0.05, 0.1) is 11.2 Å². The molecule has 0 aliphatic carbocycles. The topological polar surface area (TPSA) is 73.1 Å². The van der Waals surface area contributed by atoms with Crippen molar-refractivity contribution in [3.05, 3.63) is 96.7 Å². The van der Waals surface area contributed by atoms with Crippen LogP contribution >= 0.6 is 22.9 Å². The second kappa shape index (κ2) is 9.10. The Balaban J connectivity index is 1.62. The first-order chi connectivity index (χ1) is 15.3. The Morgan fingerprint density at radius 3 is 2.59 bits per heavy atom. The molecule has 9 heteroatoms. The highest BCUT2D eigenvalue weighted by atomic mass is 35.5. The molecule has 0 saturated carbocycles. The number of aryl methyl sites for hydroxylation is 1. The van der Waals surface area contributed by atoms with Crippen molar-refractivity contribution in [1.82, 2.24) is 14.5 Å². The summed E-state index contributed by atoms with van der Waals surface area (Å²) in [4.78, 5) is 38.7. The lowest BCUT2D eigenvalue weighted by atomic mass is 10.1. The molecule has 0 aliphatic rings. The zero-order valence-corrected chi connectivity index (χ0v) is 18.7. The number of nitrogens with one attached hydrogen (secondary N) is 1. The van der Waals surface area contributed by atoms with Crippen molar-refractivity contribution < 1.29 is 9.18 Å². The molecule has 0 atom stereocenters. The Hall–Kier alpha value is -3.23. The van der Waals surface area contributed by atoms with E-state index in [9.17, 15) is 18.8 Å². The zero-order valence-electron chi connectivity index (χ0n) is 17.1. The number of nitrogens with zero attached hydrogens (tertiary/aromatic N) is 2. The molecule has 0 fully saturated rings. The van der Waals surface area contributed by atoms with Gasteiger partial charge in [-0.05, 0) is 66.2 Å². The molecule has 32 heavy (non-hydrogen) atoms. The van der Waals surface area contributed by atoms with Crippen molar-refractivity contribution in [2.24, 2.45) is 0 Å². The van der Waals surface area contributed by atoms with E-state index in [1.165, 1.54) is 34.1 Å². The van der Waals surface area contributed by atoms with Crippen LogP contribution in [0.1, 0.15) is 11.1 Å². The first-order valence-corrected chi connectivity index (χ1v) is 11.1. The van der Waals surface area contributed by atoms with Gasteiger partial charge < -0.3 is 5.32 Å². The van der Waals surface area contributed by atoms with Gasteiger partial charge in [-0.25, -0.2) is 13.8 Å². The number of fused-ring (bicyclic) bond motifs is 1. The molecule has 4 rings (SSSR count). The molecule has 1 N–H and O–H groups in total. The van der Waals surface area contributed by atoms with E-state index in [4.69, 9.17) is 11.6 Å².